The molecule has 0 unspecified atom stereocenters. The summed E-state index contributed by atoms with van der Waals surface area (Å²) < 4.78 is 26.7. The van der Waals surface area contributed by atoms with Crippen LogP contribution in [-0.2, 0) is 10.0 Å². The molecule has 8 nitrogen and oxygen atoms in total. The number of carbonyl (C=O) groups excluding carboxylic acids is 1. The van der Waals surface area contributed by atoms with E-state index >= 15 is 0 Å². The third-order valence-electron chi connectivity index (χ3n) is 4.68. The fourth-order valence-corrected chi connectivity index (χ4v) is 4.34. The van der Waals surface area contributed by atoms with Crippen molar-refractivity contribution >= 4 is 33.2 Å². The van der Waals surface area contributed by atoms with E-state index in [2.05, 4.69) is 15.5 Å². The summed E-state index contributed by atoms with van der Waals surface area (Å²) in [6, 6.07) is 13.5. The average Bonchev–Trinajstić information content (AvgIpc) is 2.73. The number of aromatic nitrogens is 2. The van der Waals surface area contributed by atoms with E-state index < -0.39 is 15.9 Å². The van der Waals surface area contributed by atoms with E-state index in [1.165, 1.54) is 35.6 Å². The van der Waals surface area contributed by atoms with Crippen molar-refractivity contribution in [2.75, 3.05) is 12.4 Å². The van der Waals surface area contributed by atoms with Gasteiger partial charge in [0.15, 0.2) is 0 Å². The first-order valence-electron chi connectivity index (χ1n) is 9.34. The summed E-state index contributed by atoms with van der Waals surface area (Å²) in [5.41, 5.74) is 1.38. The Morgan fingerprint density at radius 2 is 1.87 bits per heavy atom. The molecule has 0 atom stereocenters. The maximum Gasteiger partial charge on any atom is 0.264 e. The van der Waals surface area contributed by atoms with Gasteiger partial charge in [0, 0.05) is 30.4 Å². The molecular formula is C21H21ClN4O4S. The van der Waals surface area contributed by atoms with Crippen molar-refractivity contribution in [2.24, 2.45) is 0 Å². The van der Waals surface area contributed by atoms with E-state index in [0.717, 1.165) is 0 Å². The summed E-state index contributed by atoms with van der Waals surface area (Å²) >= 11 is 6.18. The highest BCUT2D eigenvalue weighted by Crippen LogP contribution is 2.25. The smallest absolute Gasteiger partial charge is 0.264 e. The standard InChI is InChI=1S/C21H21ClN4O4S/c1-13(2)26(3)31(29,30)16-7-8-18(22)17(12-16)21(28)23-15-6-4-5-14(11-15)19-9-10-20(27)25-24-19/h4-13H,1-3H3,(H,23,28)(H,25,27). The van der Waals surface area contributed by atoms with Crippen LogP contribution in [0.1, 0.15) is 24.2 Å². The number of carbonyl (C=O) groups is 1. The van der Waals surface area contributed by atoms with Crippen molar-refractivity contribution in [3.8, 4) is 11.3 Å². The van der Waals surface area contributed by atoms with Crippen molar-refractivity contribution in [3.63, 3.8) is 0 Å². The van der Waals surface area contributed by atoms with Crippen LogP contribution in [0.4, 0.5) is 5.69 Å². The van der Waals surface area contributed by atoms with Crippen LogP contribution in [0.25, 0.3) is 11.3 Å². The fourth-order valence-electron chi connectivity index (χ4n) is 2.74. The molecule has 3 rings (SSSR count). The summed E-state index contributed by atoms with van der Waals surface area (Å²) in [6.07, 6.45) is 0. The molecule has 0 saturated carbocycles. The van der Waals surface area contributed by atoms with Crippen LogP contribution in [0.2, 0.25) is 5.02 Å². The number of nitrogens with zero attached hydrogens (tertiary/aromatic N) is 2. The second-order valence-electron chi connectivity index (χ2n) is 7.10. The molecule has 1 heterocycles. The van der Waals surface area contributed by atoms with Crippen LogP contribution < -0.4 is 10.9 Å². The van der Waals surface area contributed by atoms with Crippen molar-refractivity contribution in [1.29, 1.82) is 0 Å². The summed E-state index contributed by atoms with van der Waals surface area (Å²) in [4.78, 5) is 24.0. The number of benzene rings is 2. The molecule has 0 saturated heterocycles. The molecule has 1 aromatic heterocycles. The molecule has 2 aromatic carbocycles. The van der Waals surface area contributed by atoms with Gasteiger partial charge in [0.05, 0.1) is 21.2 Å². The summed E-state index contributed by atoms with van der Waals surface area (Å²) in [7, 11) is -2.30. The van der Waals surface area contributed by atoms with Gasteiger partial charge >= 0.3 is 0 Å². The molecule has 2 N–H and O–H groups in total. The topological polar surface area (TPSA) is 112 Å². The van der Waals surface area contributed by atoms with Gasteiger partial charge in [-0.1, -0.05) is 23.7 Å². The van der Waals surface area contributed by atoms with Gasteiger partial charge in [-0.3, -0.25) is 9.59 Å². The van der Waals surface area contributed by atoms with E-state index in [-0.39, 0.29) is 27.1 Å². The number of hydrogen-bond acceptors (Lipinski definition) is 5. The molecule has 10 heteroatoms. The predicted octanol–water partition coefficient (Wildman–Crippen LogP) is 3.37. The zero-order valence-corrected chi connectivity index (χ0v) is 18.7. The van der Waals surface area contributed by atoms with E-state index in [4.69, 9.17) is 11.6 Å². The van der Waals surface area contributed by atoms with E-state index in [1.807, 2.05) is 0 Å². The van der Waals surface area contributed by atoms with Crippen molar-refractivity contribution in [3.05, 3.63) is 75.5 Å². The molecule has 0 aliphatic rings. The highest BCUT2D eigenvalue weighted by atomic mass is 35.5. The maximum absolute atomic E-state index is 12.8. The van der Waals surface area contributed by atoms with Crippen LogP contribution >= 0.6 is 11.6 Å². The lowest BCUT2D eigenvalue weighted by molar-refractivity contribution is 0.102. The van der Waals surface area contributed by atoms with Crippen molar-refractivity contribution in [1.82, 2.24) is 14.5 Å². The third-order valence-corrected chi connectivity index (χ3v) is 7.04. The molecule has 162 valence electrons. The highest BCUT2D eigenvalue weighted by Gasteiger charge is 2.25. The lowest BCUT2D eigenvalue weighted by Crippen LogP contribution is -2.33. The average molecular weight is 461 g/mol. The molecule has 0 bridgehead atoms. The number of H-pyrrole nitrogens is 1. The zero-order chi connectivity index (χ0) is 22.8. The Hall–Kier alpha value is -3.01. The Kier molecular flexibility index (Phi) is 6.59. The van der Waals surface area contributed by atoms with Crippen molar-refractivity contribution in [2.45, 2.75) is 24.8 Å². The van der Waals surface area contributed by atoms with Crippen LogP contribution in [0.3, 0.4) is 0 Å². The molecule has 31 heavy (non-hydrogen) atoms. The van der Waals surface area contributed by atoms with Crippen LogP contribution in [-0.4, -0.2) is 41.9 Å². The van der Waals surface area contributed by atoms with Crippen LogP contribution in [0.5, 0.6) is 0 Å². The van der Waals surface area contributed by atoms with Gasteiger partial charge in [-0.15, -0.1) is 0 Å². The minimum absolute atomic E-state index is 0.0237. The predicted molar refractivity (Wildman–Crippen MR) is 120 cm³/mol. The summed E-state index contributed by atoms with van der Waals surface area (Å²) in [5, 5.41) is 9.17. The molecule has 3 aromatic rings. The Bertz CT molecular complexity index is 1270. The Morgan fingerprint density at radius 1 is 1.13 bits per heavy atom. The molecule has 0 radical (unpaired) electrons. The number of amides is 1. The Balaban J connectivity index is 1.90. The van der Waals surface area contributed by atoms with Gasteiger partial charge in [-0.05, 0) is 50.2 Å². The first-order chi connectivity index (χ1) is 14.6. The highest BCUT2D eigenvalue weighted by molar-refractivity contribution is 7.89. The maximum atomic E-state index is 12.8. The Labute approximate surface area is 184 Å². The van der Waals surface area contributed by atoms with Gasteiger partial charge < -0.3 is 5.32 Å². The SMILES string of the molecule is CC(C)N(C)S(=O)(=O)c1ccc(Cl)c(C(=O)Nc2cccc(-c3ccc(=O)[nH]n3)c2)c1. The van der Waals surface area contributed by atoms with Crippen LogP contribution in [0.15, 0.2) is 64.3 Å². The summed E-state index contributed by atoms with van der Waals surface area (Å²) in [6.45, 7) is 3.51. The lowest BCUT2D eigenvalue weighted by atomic mass is 10.1. The Morgan fingerprint density at radius 3 is 2.52 bits per heavy atom. The molecule has 0 fully saturated rings. The minimum Gasteiger partial charge on any atom is -0.322 e. The minimum atomic E-state index is -3.77. The van der Waals surface area contributed by atoms with Gasteiger partial charge in [0.25, 0.3) is 11.5 Å². The molecule has 0 aliphatic carbocycles. The quantitative estimate of drug-likeness (QED) is 0.585. The van der Waals surface area contributed by atoms with Gasteiger partial charge in [0.2, 0.25) is 10.0 Å². The number of rotatable bonds is 6. The number of nitrogens with one attached hydrogen (secondary N) is 2. The molecule has 0 aliphatic heterocycles. The second-order valence-corrected chi connectivity index (χ2v) is 9.50. The van der Waals surface area contributed by atoms with Gasteiger partial charge in [0.1, 0.15) is 0 Å². The first-order valence-corrected chi connectivity index (χ1v) is 11.2. The van der Waals surface area contributed by atoms with E-state index in [0.29, 0.717) is 16.9 Å². The van der Waals surface area contributed by atoms with Crippen LogP contribution in [0, 0.1) is 0 Å². The van der Waals surface area contributed by atoms with Gasteiger partial charge in [-0.2, -0.15) is 9.40 Å². The number of halogens is 1. The largest absolute Gasteiger partial charge is 0.322 e. The van der Waals surface area contributed by atoms with E-state index in [1.54, 1.807) is 44.2 Å². The number of aromatic amines is 1. The van der Waals surface area contributed by atoms with Gasteiger partial charge in [-0.25, -0.2) is 13.5 Å². The number of hydrogen-bond donors (Lipinski definition) is 2. The first kappa shape index (κ1) is 22.7. The lowest BCUT2D eigenvalue weighted by Gasteiger charge is -2.21. The number of sulfonamides is 1. The van der Waals surface area contributed by atoms with E-state index in [9.17, 15) is 18.0 Å². The fraction of sp³-hybridized carbons (Fsp3) is 0.190. The normalized spacial score (nSPS) is 11.7. The van der Waals surface area contributed by atoms with Crippen molar-refractivity contribution < 1.29 is 13.2 Å². The molecule has 1 amide bonds. The molecular weight excluding hydrogens is 440 g/mol. The zero-order valence-electron chi connectivity index (χ0n) is 17.1. The third kappa shape index (κ3) is 5.01. The second kappa shape index (κ2) is 9.01. The monoisotopic (exact) mass is 460 g/mol. The molecule has 0 spiro atoms. The number of anilines is 1. The summed E-state index contributed by atoms with van der Waals surface area (Å²) in [5.74, 6) is -0.555.